The zero-order chi connectivity index (χ0) is 27.9. The van der Waals surface area contributed by atoms with Crippen molar-refractivity contribution >= 4 is 10.1 Å². The monoisotopic (exact) mass is 552 g/mol. The van der Waals surface area contributed by atoms with Gasteiger partial charge >= 0.3 is 0 Å². The Kier molecular flexibility index (Phi) is 21.1. The number of benzene rings is 1. The van der Waals surface area contributed by atoms with Crippen LogP contribution in [0.25, 0.3) is 0 Å². The summed E-state index contributed by atoms with van der Waals surface area (Å²) in [5.74, 6) is 0. The van der Waals surface area contributed by atoms with Gasteiger partial charge in [-0.05, 0) is 44.7 Å². The lowest BCUT2D eigenvalue weighted by atomic mass is 10.00. The maximum Gasteiger partial charge on any atom is 0.297 e. The molecule has 1 N–H and O–H groups in total. The van der Waals surface area contributed by atoms with Crippen LogP contribution in [-0.4, -0.2) is 25.7 Å². The molecule has 0 aromatic heterocycles. The summed E-state index contributed by atoms with van der Waals surface area (Å²) >= 11 is 0. The molecular weight excluding hydrogens is 492 g/mol. The maximum absolute atomic E-state index is 12.8. The minimum absolute atomic E-state index is 0.213. The van der Waals surface area contributed by atoms with Crippen molar-refractivity contribution in [3.8, 4) is 0 Å². The number of aliphatic hydroxyl groups excluding tert-OH is 1. The summed E-state index contributed by atoms with van der Waals surface area (Å²) in [7, 11) is -3.79. The van der Waals surface area contributed by atoms with Crippen molar-refractivity contribution in [2.45, 2.75) is 179 Å². The van der Waals surface area contributed by atoms with E-state index in [1.54, 1.807) is 24.3 Å². The highest BCUT2D eigenvalue weighted by Gasteiger charge is 2.22. The van der Waals surface area contributed by atoms with E-state index in [-0.39, 0.29) is 17.1 Å². The van der Waals surface area contributed by atoms with Gasteiger partial charge in [-0.25, -0.2) is 0 Å². The smallest absolute Gasteiger partial charge is 0.297 e. The molecule has 0 bridgehead atoms. The van der Waals surface area contributed by atoms with E-state index in [0.29, 0.717) is 12.8 Å². The third kappa shape index (κ3) is 18.4. The Morgan fingerprint density at radius 3 is 1.53 bits per heavy atom. The van der Waals surface area contributed by atoms with Gasteiger partial charge in [-0.15, -0.1) is 0 Å². The van der Waals surface area contributed by atoms with Crippen molar-refractivity contribution < 1.29 is 17.7 Å². The zero-order valence-electron chi connectivity index (χ0n) is 25.1. The summed E-state index contributed by atoms with van der Waals surface area (Å²) in [6, 6.07) is 6.83. The van der Waals surface area contributed by atoms with Gasteiger partial charge in [-0.1, -0.05) is 147 Å². The molecule has 0 aliphatic heterocycles. The van der Waals surface area contributed by atoms with Gasteiger partial charge in [0, 0.05) is 0 Å². The predicted molar refractivity (Wildman–Crippen MR) is 162 cm³/mol. The molecule has 1 aromatic rings. The molecule has 0 aliphatic carbocycles. The molecule has 1 aromatic carbocycles. The first-order chi connectivity index (χ1) is 18.4. The number of hydrogen-bond acceptors (Lipinski definition) is 4. The van der Waals surface area contributed by atoms with Crippen molar-refractivity contribution in [1.82, 2.24) is 0 Å². The van der Waals surface area contributed by atoms with Crippen molar-refractivity contribution in [3.05, 3.63) is 29.8 Å². The second-order valence-corrected chi connectivity index (χ2v) is 13.0. The lowest BCUT2D eigenvalue weighted by molar-refractivity contribution is 0.115. The molecule has 0 heterocycles. The Hall–Kier alpha value is -0.910. The summed E-state index contributed by atoms with van der Waals surface area (Å²) in [5, 5.41) is 10.5. The largest absolute Gasteiger partial charge is 0.393 e. The molecule has 0 radical (unpaired) electrons. The van der Waals surface area contributed by atoms with Gasteiger partial charge in [0.25, 0.3) is 10.1 Å². The topological polar surface area (TPSA) is 63.6 Å². The SMILES string of the molecule is CCCCCCCCCCCCCCCCC(O)CCC(CCCCCC)OS(=O)(=O)c1ccc(C)cc1. The highest BCUT2D eigenvalue weighted by Crippen LogP contribution is 2.22. The molecule has 0 aliphatic rings. The quantitative estimate of drug-likeness (QED) is 0.0917. The Morgan fingerprint density at radius 1 is 0.605 bits per heavy atom. The van der Waals surface area contributed by atoms with Gasteiger partial charge in [0.2, 0.25) is 0 Å². The van der Waals surface area contributed by atoms with E-state index in [2.05, 4.69) is 13.8 Å². The van der Waals surface area contributed by atoms with Crippen molar-refractivity contribution in [3.63, 3.8) is 0 Å². The second-order valence-electron chi connectivity index (χ2n) is 11.5. The second kappa shape index (κ2) is 22.9. The predicted octanol–water partition coefficient (Wildman–Crippen LogP) is 10.1. The van der Waals surface area contributed by atoms with Crippen molar-refractivity contribution in [2.75, 3.05) is 0 Å². The molecule has 0 amide bonds. The Bertz CT molecular complexity index is 760. The number of rotatable bonds is 26. The van der Waals surface area contributed by atoms with Crippen LogP contribution in [0, 0.1) is 6.92 Å². The summed E-state index contributed by atoms with van der Waals surface area (Å²) in [4.78, 5) is 0.213. The van der Waals surface area contributed by atoms with E-state index in [1.165, 1.54) is 83.5 Å². The molecule has 0 saturated heterocycles. The van der Waals surface area contributed by atoms with Gasteiger partial charge in [0.15, 0.2) is 0 Å². The van der Waals surface area contributed by atoms with E-state index >= 15 is 0 Å². The van der Waals surface area contributed by atoms with Crippen molar-refractivity contribution in [1.29, 1.82) is 0 Å². The highest BCUT2D eigenvalue weighted by molar-refractivity contribution is 7.86. The fourth-order valence-electron chi connectivity index (χ4n) is 5.08. The van der Waals surface area contributed by atoms with Gasteiger partial charge in [-0.3, -0.25) is 4.18 Å². The molecule has 0 spiro atoms. The van der Waals surface area contributed by atoms with Gasteiger partial charge in [0.1, 0.15) is 0 Å². The number of aryl methyl sites for hydroxylation is 1. The Morgan fingerprint density at radius 2 is 1.03 bits per heavy atom. The van der Waals surface area contributed by atoms with Gasteiger partial charge in [0.05, 0.1) is 17.1 Å². The first-order valence-electron chi connectivity index (χ1n) is 16.1. The molecule has 4 nitrogen and oxygen atoms in total. The molecule has 5 heteroatoms. The number of unbranched alkanes of at least 4 members (excludes halogenated alkanes) is 16. The summed E-state index contributed by atoms with van der Waals surface area (Å²) in [6.45, 7) is 6.38. The van der Waals surface area contributed by atoms with Crippen LogP contribution in [0.5, 0.6) is 0 Å². The molecule has 2 unspecified atom stereocenters. The van der Waals surface area contributed by atoms with E-state index in [1.807, 2.05) is 6.92 Å². The first-order valence-corrected chi connectivity index (χ1v) is 17.5. The third-order valence-electron chi connectivity index (χ3n) is 7.66. The standard InChI is InChI=1S/C33H60O4S/c1-4-6-8-10-11-12-13-14-15-16-17-18-19-20-22-31(34)26-27-32(23-21-9-7-5-2)37-38(35,36)33-28-24-30(3)25-29-33/h24-25,28-29,31-32,34H,4-23,26-27H2,1-3H3. The van der Waals surface area contributed by atoms with E-state index in [9.17, 15) is 13.5 Å². The van der Waals surface area contributed by atoms with E-state index in [0.717, 1.165) is 50.5 Å². The fraction of sp³-hybridized carbons (Fsp3) is 0.818. The summed E-state index contributed by atoms with van der Waals surface area (Å²) in [6.07, 6.45) is 24.9. The van der Waals surface area contributed by atoms with Crippen LogP contribution < -0.4 is 0 Å². The van der Waals surface area contributed by atoms with Crippen LogP contribution in [0.1, 0.15) is 161 Å². The minimum Gasteiger partial charge on any atom is -0.393 e. The fourth-order valence-corrected chi connectivity index (χ4v) is 6.21. The van der Waals surface area contributed by atoms with Crippen LogP contribution in [0.2, 0.25) is 0 Å². The zero-order valence-corrected chi connectivity index (χ0v) is 25.9. The molecule has 0 fully saturated rings. The lowest BCUT2D eigenvalue weighted by Gasteiger charge is -2.19. The molecule has 2 atom stereocenters. The number of hydrogen-bond donors (Lipinski definition) is 1. The Balaban J connectivity index is 2.22. The van der Waals surface area contributed by atoms with Gasteiger partial charge < -0.3 is 5.11 Å². The summed E-state index contributed by atoms with van der Waals surface area (Å²) < 4.78 is 31.3. The number of aliphatic hydroxyl groups is 1. The lowest BCUT2D eigenvalue weighted by Crippen LogP contribution is -2.21. The van der Waals surface area contributed by atoms with Gasteiger partial charge in [-0.2, -0.15) is 8.42 Å². The average molecular weight is 553 g/mol. The Labute approximate surface area is 236 Å². The molecule has 1 rings (SSSR count). The van der Waals surface area contributed by atoms with Crippen LogP contribution in [0.4, 0.5) is 0 Å². The molecular formula is C33H60O4S. The third-order valence-corrected chi connectivity index (χ3v) is 9.04. The molecule has 0 saturated carbocycles. The van der Waals surface area contributed by atoms with Crippen LogP contribution in [0.15, 0.2) is 29.2 Å². The van der Waals surface area contributed by atoms with Crippen LogP contribution in [-0.2, 0) is 14.3 Å². The van der Waals surface area contributed by atoms with E-state index in [4.69, 9.17) is 4.18 Å². The van der Waals surface area contributed by atoms with E-state index < -0.39 is 10.1 Å². The normalized spacial score (nSPS) is 13.6. The average Bonchev–Trinajstić information content (AvgIpc) is 2.90. The first kappa shape index (κ1) is 35.1. The summed E-state index contributed by atoms with van der Waals surface area (Å²) in [5.41, 5.74) is 1.02. The van der Waals surface area contributed by atoms with Crippen LogP contribution >= 0.6 is 0 Å². The van der Waals surface area contributed by atoms with Crippen molar-refractivity contribution in [2.24, 2.45) is 0 Å². The molecule has 38 heavy (non-hydrogen) atoms. The minimum atomic E-state index is -3.79. The molecule has 222 valence electrons. The highest BCUT2D eigenvalue weighted by atomic mass is 32.2. The maximum atomic E-state index is 12.8. The van der Waals surface area contributed by atoms with Crippen LogP contribution in [0.3, 0.4) is 0 Å².